The third-order valence-electron chi connectivity index (χ3n) is 5.47. The Morgan fingerprint density at radius 1 is 1.03 bits per heavy atom. The fourth-order valence-corrected chi connectivity index (χ4v) is 4.86. The lowest BCUT2D eigenvalue weighted by atomic mass is 10.1. The average Bonchev–Trinajstić information content (AvgIpc) is 3.36. The number of morpholine rings is 1. The number of pyridine rings is 2. The van der Waals surface area contributed by atoms with Crippen molar-refractivity contribution in [1.82, 2.24) is 9.97 Å². The van der Waals surface area contributed by atoms with Gasteiger partial charge < -0.3 is 19.7 Å². The molecule has 0 radical (unpaired) electrons. The standard InChI is InChI=1S/C26H24N4O3S/c31-25(29-24-22(7-4-10-28-24)33-18-19-8-11-27-12-9-19)23-17-21(20-5-2-1-3-6-20)26(34-23)30-13-15-32-16-14-30/h1-12,17H,13-16,18H2,(H,28,29,31). The van der Waals surface area contributed by atoms with Gasteiger partial charge in [-0.1, -0.05) is 30.3 Å². The van der Waals surface area contributed by atoms with Gasteiger partial charge in [-0.15, -0.1) is 11.3 Å². The first-order valence-corrected chi connectivity index (χ1v) is 11.9. The zero-order valence-electron chi connectivity index (χ0n) is 18.5. The summed E-state index contributed by atoms with van der Waals surface area (Å²) >= 11 is 1.49. The summed E-state index contributed by atoms with van der Waals surface area (Å²) in [5.74, 6) is 0.694. The summed E-state index contributed by atoms with van der Waals surface area (Å²) in [6, 6.07) is 19.5. The molecule has 4 aromatic rings. The largest absolute Gasteiger partial charge is 0.485 e. The van der Waals surface area contributed by atoms with Gasteiger partial charge in [0.1, 0.15) is 6.61 Å². The van der Waals surface area contributed by atoms with E-state index in [2.05, 4.69) is 32.3 Å². The maximum atomic E-state index is 13.3. The second-order valence-electron chi connectivity index (χ2n) is 7.74. The van der Waals surface area contributed by atoms with Crippen LogP contribution in [0.1, 0.15) is 15.2 Å². The minimum atomic E-state index is -0.214. The van der Waals surface area contributed by atoms with Gasteiger partial charge in [0.25, 0.3) is 5.91 Å². The predicted molar refractivity (Wildman–Crippen MR) is 134 cm³/mol. The molecule has 0 bridgehead atoms. The summed E-state index contributed by atoms with van der Waals surface area (Å²) in [6.07, 6.45) is 5.08. The SMILES string of the molecule is O=C(Nc1ncccc1OCc1ccncc1)c1cc(-c2ccccc2)c(N2CCOCC2)s1. The van der Waals surface area contributed by atoms with E-state index in [1.165, 1.54) is 11.3 Å². The first-order chi connectivity index (χ1) is 16.8. The molecule has 0 unspecified atom stereocenters. The monoisotopic (exact) mass is 472 g/mol. The molecular formula is C26H24N4O3S. The maximum Gasteiger partial charge on any atom is 0.267 e. The smallest absolute Gasteiger partial charge is 0.267 e. The number of ether oxygens (including phenoxy) is 2. The zero-order chi connectivity index (χ0) is 23.2. The molecule has 4 heterocycles. The van der Waals surface area contributed by atoms with Crippen LogP contribution in [0, 0.1) is 0 Å². The fraction of sp³-hybridized carbons (Fsp3) is 0.192. The molecular weight excluding hydrogens is 448 g/mol. The van der Waals surface area contributed by atoms with Crippen molar-refractivity contribution in [2.75, 3.05) is 36.5 Å². The molecule has 0 aliphatic carbocycles. The number of anilines is 2. The molecule has 172 valence electrons. The van der Waals surface area contributed by atoms with Crippen molar-refractivity contribution in [2.45, 2.75) is 6.61 Å². The van der Waals surface area contributed by atoms with Crippen LogP contribution in [-0.4, -0.2) is 42.2 Å². The minimum Gasteiger partial charge on any atom is -0.485 e. The normalized spacial score (nSPS) is 13.5. The van der Waals surface area contributed by atoms with E-state index in [1.54, 1.807) is 30.7 Å². The molecule has 8 heteroatoms. The third-order valence-corrected chi connectivity index (χ3v) is 6.66. The molecule has 1 N–H and O–H groups in total. The van der Waals surface area contributed by atoms with Gasteiger partial charge >= 0.3 is 0 Å². The highest BCUT2D eigenvalue weighted by atomic mass is 32.1. The molecule has 34 heavy (non-hydrogen) atoms. The van der Waals surface area contributed by atoms with Gasteiger partial charge in [0.05, 0.1) is 23.1 Å². The highest BCUT2D eigenvalue weighted by molar-refractivity contribution is 7.18. The van der Waals surface area contributed by atoms with Gasteiger partial charge in [-0.3, -0.25) is 9.78 Å². The van der Waals surface area contributed by atoms with Crippen LogP contribution in [-0.2, 0) is 11.3 Å². The van der Waals surface area contributed by atoms with E-state index in [1.807, 2.05) is 36.4 Å². The van der Waals surface area contributed by atoms with E-state index in [0.717, 1.165) is 34.8 Å². The number of nitrogens with zero attached hydrogens (tertiary/aromatic N) is 3. The molecule has 3 aromatic heterocycles. The summed E-state index contributed by atoms with van der Waals surface area (Å²) in [6.45, 7) is 3.32. The molecule has 1 fully saturated rings. The van der Waals surface area contributed by atoms with E-state index in [0.29, 0.717) is 36.3 Å². The fourth-order valence-electron chi connectivity index (χ4n) is 3.73. The Kier molecular flexibility index (Phi) is 6.78. The number of thiophene rings is 1. The highest BCUT2D eigenvalue weighted by Crippen LogP contribution is 2.39. The summed E-state index contributed by atoms with van der Waals surface area (Å²) < 4.78 is 11.5. The van der Waals surface area contributed by atoms with Crippen LogP contribution in [0.25, 0.3) is 11.1 Å². The number of hydrogen-bond donors (Lipinski definition) is 1. The molecule has 0 saturated carbocycles. The average molecular weight is 473 g/mol. The Balaban J connectivity index is 1.38. The van der Waals surface area contributed by atoms with Crippen molar-refractivity contribution in [3.8, 4) is 16.9 Å². The summed E-state index contributed by atoms with van der Waals surface area (Å²) in [5.41, 5.74) is 3.11. The van der Waals surface area contributed by atoms with E-state index < -0.39 is 0 Å². The lowest BCUT2D eigenvalue weighted by Crippen LogP contribution is -2.35. The topological polar surface area (TPSA) is 76.6 Å². The molecule has 1 saturated heterocycles. The zero-order valence-corrected chi connectivity index (χ0v) is 19.3. The molecule has 1 aliphatic heterocycles. The molecule has 0 spiro atoms. The van der Waals surface area contributed by atoms with E-state index in [4.69, 9.17) is 9.47 Å². The van der Waals surface area contributed by atoms with Crippen LogP contribution in [0.2, 0.25) is 0 Å². The lowest BCUT2D eigenvalue weighted by molar-refractivity contribution is 0.102. The van der Waals surface area contributed by atoms with Crippen LogP contribution in [0.4, 0.5) is 10.8 Å². The van der Waals surface area contributed by atoms with Gasteiger partial charge in [0.2, 0.25) is 0 Å². The van der Waals surface area contributed by atoms with Crippen LogP contribution in [0.15, 0.2) is 79.3 Å². The van der Waals surface area contributed by atoms with Gasteiger partial charge in [0, 0.05) is 37.2 Å². The number of benzene rings is 1. The quantitative estimate of drug-likeness (QED) is 0.413. The highest BCUT2D eigenvalue weighted by Gasteiger charge is 2.22. The molecule has 5 rings (SSSR count). The Bertz CT molecular complexity index is 1240. The number of hydrogen-bond acceptors (Lipinski definition) is 7. The Hall–Kier alpha value is -3.75. The van der Waals surface area contributed by atoms with Crippen molar-refractivity contribution < 1.29 is 14.3 Å². The number of nitrogens with one attached hydrogen (secondary N) is 1. The summed E-state index contributed by atoms with van der Waals surface area (Å²) in [5, 5.41) is 4.02. The van der Waals surface area contributed by atoms with Crippen molar-refractivity contribution in [2.24, 2.45) is 0 Å². The van der Waals surface area contributed by atoms with Crippen molar-refractivity contribution in [3.05, 3.63) is 89.7 Å². The molecule has 7 nitrogen and oxygen atoms in total. The first-order valence-electron chi connectivity index (χ1n) is 11.1. The van der Waals surface area contributed by atoms with Gasteiger partial charge in [0.15, 0.2) is 11.6 Å². The van der Waals surface area contributed by atoms with Crippen molar-refractivity contribution >= 4 is 28.1 Å². The first kappa shape index (κ1) is 22.1. The molecule has 1 amide bonds. The van der Waals surface area contributed by atoms with Crippen molar-refractivity contribution in [1.29, 1.82) is 0 Å². The number of carbonyl (C=O) groups is 1. The van der Waals surface area contributed by atoms with Gasteiger partial charge in [-0.2, -0.15) is 0 Å². The minimum absolute atomic E-state index is 0.214. The van der Waals surface area contributed by atoms with E-state index in [9.17, 15) is 4.79 Å². The molecule has 1 aliphatic rings. The summed E-state index contributed by atoms with van der Waals surface area (Å²) in [4.78, 5) is 24.5. The molecule has 1 aromatic carbocycles. The Labute approximate surface area is 202 Å². The number of rotatable bonds is 7. The molecule has 0 atom stereocenters. The van der Waals surface area contributed by atoms with Crippen molar-refractivity contribution in [3.63, 3.8) is 0 Å². The third kappa shape index (κ3) is 5.08. The second-order valence-corrected chi connectivity index (χ2v) is 8.77. The van der Waals surface area contributed by atoms with Gasteiger partial charge in [-0.25, -0.2) is 4.98 Å². The lowest BCUT2D eigenvalue weighted by Gasteiger charge is -2.28. The number of aromatic nitrogens is 2. The number of carbonyl (C=O) groups excluding carboxylic acids is 1. The summed E-state index contributed by atoms with van der Waals surface area (Å²) in [7, 11) is 0. The van der Waals surface area contributed by atoms with E-state index >= 15 is 0 Å². The van der Waals surface area contributed by atoms with E-state index in [-0.39, 0.29) is 5.91 Å². The van der Waals surface area contributed by atoms with Crippen LogP contribution in [0.5, 0.6) is 5.75 Å². The van der Waals surface area contributed by atoms with Gasteiger partial charge in [-0.05, 0) is 41.5 Å². The van der Waals surface area contributed by atoms with Crippen LogP contribution < -0.4 is 15.0 Å². The Morgan fingerprint density at radius 2 is 1.82 bits per heavy atom. The maximum absolute atomic E-state index is 13.3. The van der Waals surface area contributed by atoms with Crippen LogP contribution in [0.3, 0.4) is 0 Å². The second kappa shape index (κ2) is 10.5. The predicted octanol–water partition coefficient (Wildman–Crippen LogP) is 4.87. The van der Waals surface area contributed by atoms with Crippen LogP contribution >= 0.6 is 11.3 Å². The number of amides is 1. The Morgan fingerprint density at radius 3 is 2.62 bits per heavy atom.